The molecule has 0 aliphatic rings. The predicted molar refractivity (Wildman–Crippen MR) is 77.4 cm³/mol. The molecule has 5 heteroatoms. The van der Waals surface area contributed by atoms with E-state index in [1.807, 2.05) is 23.7 Å². The van der Waals surface area contributed by atoms with Gasteiger partial charge in [-0.3, -0.25) is 0 Å². The molecule has 3 aromatic rings. The highest BCUT2D eigenvalue weighted by molar-refractivity contribution is 9.10. The number of fused-ring (bicyclic) bond motifs is 1. The molecule has 18 heavy (non-hydrogen) atoms. The Kier molecular flexibility index (Phi) is 2.45. The first kappa shape index (κ1) is 11.3. The van der Waals surface area contributed by atoms with E-state index in [9.17, 15) is 0 Å². The molecule has 0 fully saturated rings. The second-order valence-electron chi connectivity index (χ2n) is 4.34. The van der Waals surface area contributed by atoms with Crippen LogP contribution >= 0.6 is 15.9 Å². The zero-order valence-corrected chi connectivity index (χ0v) is 11.7. The van der Waals surface area contributed by atoms with Crippen LogP contribution in [-0.2, 0) is 7.05 Å². The Morgan fingerprint density at radius 1 is 1.33 bits per heavy atom. The zero-order chi connectivity index (χ0) is 12.9. The van der Waals surface area contributed by atoms with Crippen molar-refractivity contribution in [3.63, 3.8) is 0 Å². The summed E-state index contributed by atoms with van der Waals surface area (Å²) in [4.78, 5) is 7.64. The number of halogens is 1. The summed E-state index contributed by atoms with van der Waals surface area (Å²) in [6.07, 6.45) is 0. The van der Waals surface area contributed by atoms with Crippen molar-refractivity contribution >= 4 is 32.8 Å². The molecule has 0 saturated heterocycles. The third-order valence-electron chi connectivity index (χ3n) is 3.22. The van der Waals surface area contributed by atoms with Crippen molar-refractivity contribution in [1.29, 1.82) is 0 Å². The van der Waals surface area contributed by atoms with Crippen molar-refractivity contribution in [3.05, 3.63) is 34.6 Å². The molecule has 0 aliphatic heterocycles. The Labute approximate surface area is 113 Å². The van der Waals surface area contributed by atoms with E-state index in [2.05, 4.69) is 45.0 Å². The molecule has 0 unspecified atom stereocenters. The number of aryl methyl sites for hydroxylation is 1. The van der Waals surface area contributed by atoms with Gasteiger partial charge in [0.1, 0.15) is 4.60 Å². The highest BCUT2D eigenvalue weighted by Gasteiger charge is 2.18. The minimum Gasteiger partial charge on any atom is -0.369 e. The van der Waals surface area contributed by atoms with Gasteiger partial charge in [0.05, 0.1) is 5.69 Å². The van der Waals surface area contributed by atoms with Crippen LogP contribution in [0.5, 0.6) is 0 Å². The largest absolute Gasteiger partial charge is 0.369 e. The molecule has 0 atom stereocenters. The van der Waals surface area contributed by atoms with E-state index in [0.717, 1.165) is 27.1 Å². The van der Waals surface area contributed by atoms with Gasteiger partial charge in [0, 0.05) is 29.2 Å². The molecular formula is C13H13BrN4. The molecule has 0 aliphatic carbocycles. The van der Waals surface area contributed by atoms with Crippen LogP contribution in [0.15, 0.2) is 28.9 Å². The Bertz CT molecular complexity index is 739. The summed E-state index contributed by atoms with van der Waals surface area (Å²) in [5, 5.41) is 1.18. The van der Waals surface area contributed by atoms with Gasteiger partial charge >= 0.3 is 0 Å². The Morgan fingerprint density at radius 3 is 2.72 bits per heavy atom. The van der Waals surface area contributed by atoms with Gasteiger partial charge in [-0.1, -0.05) is 18.2 Å². The van der Waals surface area contributed by atoms with Crippen molar-refractivity contribution in [2.45, 2.75) is 6.92 Å². The average Bonchev–Trinajstić information content (AvgIpc) is 2.77. The molecule has 3 rings (SSSR count). The molecule has 0 bridgehead atoms. The number of rotatable bonds is 1. The van der Waals surface area contributed by atoms with Gasteiger partial charge < -0.3 is 15.3 Å². The van der Waals surface area contributed by atoms with E-state index in [1.54, 1.807) is 0 Å². The fourth-order valence-corrected chi connectivity index (χ4v) is 2.98. The van der Waals surface area contributed by atoms with E-state index in [1.165, 1.54) is 5.39 Å². The molecular weight excluding hydrogens is 292 g/mol. The first-order valence-electron chi connectivity index (χ1n) is 5.65. The Morgan fingerprint density at radius 2 is 2.06 bits per heavy atom. The quantitative estimate of drug-likeness (QED) is 0.725. The summed E-state index contributed by atoms with van der Waals surface area (Å²) < 4.78 is 2.67. The van der Waals surface area contributed by atoms with Crippen LogP contribution in [0.25, 0.3) is 22.2 Å². The first-order valence-corrected chi connectivity index (χ1v) is 6.44. The Balaban J connectivity index is 2.41. The summed E-state index contributed by atoms with van der Waals surface area (Å²) in [5.74, 6) is 0.501. The number of imidazole rings is 1. The molecule has 92 valence electrons. The molecule has 2 heterocycles. The van der Waals surface area contributed by atoms with Crippen LogP contribution in [0, 0.1) is 6.92 Å². The topological polar surface area (TPSA) is 59.6 Å². The predicted octanol–water partition coefficient (Wildman–Crippen LogP) is 3.22. The molecule has 0 radical (unpaired) electrons. The lowest BCUT2D eigenvalue weighted by Crippen LogP contribution is -1.98. The van der Waals surface area contributed by atoms with Gasteiger partial charge in [0.2, 0.25) is 5.95 Å². The first-order chi connectivity index (χ1) is 8.59. The maximum Gasteiger partial charge on any atom is 0.201 e. The number of anilines is 1. The van der Waals surface area contributed by atoms with Gasteiger partial charge in [-0.2, -0.15) is 0 Å². The van der Waals surface area contributed by atoms with Crippen LogP contribution in [-0.4, -0.2) is 14.5 Å². The van der Waals surface area contributed by atoms with E-state index in [0.29, 0.717) is 5.95 Å². The SMILES string of the molecule is Cc1[nH]c2ccccc2c1-c1c(Br)nc(N)n1C. The third kappa shape index (κ3) is 1.47. The van der Waals surface area contributed by atoms with Crippen LogP contribution in [0.1, 0.15) is 5.69 Å². The van der Waals surface area contributed by atoms with Crippen molar-refractivity contribution in [2.24, 2.45) is 7.05 Å². The van der Waals surface area contributed by atoms with E-state index >= 15 is 0 Å². The van der Waals surface area contributed by atoms with Gasteiger partial charge in [0.15, 0.2) is 0 Å². The minimum absolute atomic E-state index is 0.501. The molecule has 0 spiro atoms. The van der Waals surface area contributed by atoms with Crippen molar-refractivity contribution in [3.8, 4) is 11.3 Å². The number of para-hydroxylation sites is 1. The molecule has 0 amide bonds. The van der Waals surface area contributed by atoms with Crippen molar-refractivity contribution in [2.75, 3.05) is 5.73 Å². The number of nitrogens with two attached hydrogens (primary N) is 1. The molecule has 4 nitrogen and oxygen atoms in total. The van der Waals surface area contributed by atoms with Gasteiger partial charge in [-0.15, -0.1) is 0 Å². The number of hydrogen-bond donors (Lipinski definition) is 2. The number of aromatic amines is 1. The summed E-state index contributed by atoms with van der Waals surface area (Å²) in [5.41, 5.74) is 10.2. The summed E-state index contributed by atoms with van der Waals surface area (Å²) in [6.45, 7) is 2.06. The molecule has 3 N–H and O–H groups in total. The number of hydrogen-bond acceptors (Lipinski definition) is 2. The monoisotopic (exact) mass is 304 g/mol. The van der Waals surface area contributed by atoms with E-state index in [-0.39, 0.29) is 0 Å². The molecule has 1 aromatic carbocycles. The van der Waals surface area contributed by atoms with Crippen LogP contribution in [0.4, 0.5) is 5.95 Å². The van der Waals surface area contributed by atoms with Crippen LogP contribution in [0.2, 0.25) is 0 Å². The number of nitrogen functional groups attached to an aromatic ring is 1. The lowest BCUT2D eigenvalue weighted by atomic mass is 10.1. The third-order valence-corrected chi connectivity index (χ3v) is 3.77. The summed E-state index contributed by atoms with van der Waals surface area (Å²) in [7, 11) is 1.92. The number of nitrogens with one attached hydrogen (secondary N) is 1. The second-order valence-corrected chi connectivity index (χ2v) is 5.09. The fraction of sp³-hybridized carbons (Fsp3) is 0.154. The molecule has 2 aromatic heterocycles. The molecule has 0 saturated carbocycles. The second kappa shape index (κ2) is 3.88. The Hall–Kier alpha value is -1.75. The van der Waals surface area contributed by atoms with E-state index < -0.39 is 0 Å². The standard InChI is InChI=1S/C13H13BrN4/c1-7-10(8-5-3-4-6-9(8)16-7)11-12(14)17-13(15)18(11)2/h3-6,16H,1-2H3,(H2,15,17). The number of aromatic nitrogens is 3. The smallest absolute Gasteiger partial charge is 0.201 e. The van der Waals surface area contributed by atoms with E-state index in [4.69, 9.17) is 5.73 Å². The minimum atomic E-state index is 0.501. The number of benzene rings is 1. The average molecular weight is 305 g/mol. The van der Waals surface area contributed by atoms with Crippen molar-refractivity contribution in [1.82, 2.24) is 14.5 Å². The number of H-pyrrole nitrogens is 1. The van der Waals surface area contributed by atoms with Gasteiger partial charge in [-0.25, -0.2) is 4.98 Å². The summed E-state index contributed by atoms with van der Waals surface area (Å²) in [6, 6.07) is 8.23. The number of nitrogens with zero attached hydrogens (tertiary/aromatic N) is 2. The lowest BCUT2D eigenvalue weighted by Gasteiger charge is -2.04. The van der Waals surface area contributed by atoms with Gasteiger partial charge in [0.25, 0.3) is 0 Å². The maximum absolute atomic E-state index is 5.85. The maximum atomic E-state index is 5.85. The van der Waals surface area contributed by atoms with Gasteiger partial charge in [-0.05, 0) is 28.9 Å². The van der Waals surface area contributed by atoms with Crippen LogP contribution in [0.3, 0.4) is 0 Å². The summed E-state index contributed by atoms with van der Waals surface area (Å²) >= 11 is 3.48. The highest BCUT2D eigenvalue weighted by Crippen LogP contribution is 2.36. The van der Waals surface area contributed by atoms with Crippen LogP contribution < -0.4 is 5.73 Å². The highest BCUT2D eigenvalue weighted by atomic mass is 79.9. The lowest BCUT2D eigenvalue weighted by molar-refractivity contribution is 0.937. The van der Waals surface area contributed by atoms with Crippen molar-refractivity contribution < 1.29 is 0 Å². The normalized spacial score (nSPS) is 11.3. The fourth-order valence-electron chi connectivity index (χ4n) is 2.33. The zero-order valence-electron chi connectivity index (χ0n) is 10.2.